The Bertz CT molecular complexity index is 1230. The average Bonchev–Trinajstić information content (AvgIpc) is 3.11. The third-order valence-electron chi connectivity index (χ3n) is 6.21. The predicted octanol–water partition coefficient (Wildman–Crippen LogP) is 6.16. The number of carbonyl (C=O) groups excluding carboxylic acids is 1. The van der Waals surface area contributed by atoms with Crippen LogP contribution in [0.4, 0.5) is 0 Å². The first-order valence-electron chi connectivity index (χ1n) is 11.1. The van der Waals surface area contributed by atoms with Crippen LogP contribution in [-0.4, -0.2) is 21.1 Å². The van der Waals surface area contributed by atoms with Crippen molar-refractivity contribution in [1.29, 1.82) is 0 Å². The van der Waals surface area contributed by atoms with E-state index in [0.717, 1.165) is 35.1 Å². The summed E-state index contributed by atoms with van der Waals surface area (Å²) in [4.78, 5) is 33.3. The van der Waals surface area contributed by atoms with Crippen LogP contribution in [-0.2, 0) is 19.4 Å². The van der Waals surface area contributed by atoms with Crippen LogP contribution < -0.4 is 5.56 Å². The molecule has 1 aromatic carbocycles. The number of thiophene rings is 1. The first-order chi connectivity index (χ1) is 15.1. The van der Waals surface area contributed by atoms with Crippen molar-refractivity contribution < 1.29 is 4.79 Å². The predicted molar refractivity (Wildman–Crippen MR) is 135 cm³/mol. The summed E-state index contributed by atoms with van der Waals surface area (Å²) in [5, 5.41) is 1.37. The van der Waals surface area contributed by atoms with Gasteiger partial charge in [-0.15, -0.1) is 11.3 Å². The second kappa shape index (κ2) is 8.99. The first kappa shape index (κ1) is 23.0. The summed E-state index contributed by atoms with van der Waals surface area (Å²) in [5.41, 5.74) is 3.01. The number of hydrogen-bond donors (Lipinski definition) is 0. The van der Waals surface area contributed by atoms with Crippen molar-refractivity contribution in [2.45, 2.75) is 58.7 Å². The lowest BCUT2D eigenvalue weighted by Crippen LogP contribution is -2.27. The lowest BCUT2D eigenvalue weighted by atomic mass is 9.72. The highest BCUT2D eigenvalue weighted by atomic mass is 32.2. The van der Waals surface area contributed by atoms with E-state index in [9.17, 15) is 9.59 Å². The first-order valence-corrected chi connectivity index (χ1v) is 12.9. The van der Waals surface area contributed by atoms with Gasteiger partial charge in [-0.25, -0.2) is 4.98 Å². The SMILES string of the molecule is C=C(C)Cn1c(SCC(=O)c2ccccc2)nc2sc3c(c2c1=O)CC[C@@H](C(C)(C)C)C3. The molecule has 0 fully saturated rings. The molecule has 4 rings (SSSR count). The number of carbonyl (C=O) groups is 1. The Balaban J connectivity index is 1.72. The molecule has 0 bridgehead atoms. The largest absolute Gasteiger partial charge is 0.293 e. The summed E-state index contributed by atoms with van der Waals surface area (Å²) in [6.07, 6.45) is 3.04. The lowest BCUT2D eigenvalue weighted by Gasteiger charge is -2.33. The minimum absolute atomic E-state index is 0.000584. The lowest BCUT2D eigenvalue weighted by molar-refractivity contribution is 0.102. The van der Waals surface area contributed by atoms with Gasteiger partial charge in [0, 0.05) is 17.0 Å². The molecule has 2 aromatic heterocycles. The van der Waals surface area contributed by atoms with Crippen LogP contribution in [0.1, 0.15) is 54.9 Å². The molecule has 168 valence electrons. The summed E-state index contributed by atoms with van der Waals surface area (Å²) in [6, 6.07) is 9.26. The Kier molecular flexibility index (Phi) is 6.46. The number of benzene rings is 1. The van der Waals surface area contributed by atoms with Crippen LogP contribution in [0.3, 0.4) is 0 Å². The summed E-state index contributed by atoms with van der Waals surface area (Å²) in [7, 11) is 0. The number of fused-ring (bicyclic) bond motifs is 3. The van der Waals surface area contributed by atoms with Gasteiger partial charge < -0.3 is 0 Å². The number of hydrogen-bond acceptors (Lipinski definition) is 5. The molecular weight excluding hydrogens is 436 g/mol. The van der Waals surface area contributed by atoms with Crippen molar-refractivity contribution in [3.63, 3.8) is 0 Å². The zero-order valence-corrected chi connectivity index (χ0v) is 20.9. The number of rotatable bonds is 6. The van der Waals surface area contributed by atoms with Crippen molar-refractivity contribution in [1.82, 2.24) is 9.55 Å². The van der Waals surface area contributed by atoms with E-state index < -0.39 is 0 Å². The molecule has 3 aromatic rings. The zero-order chi connectivity index (χ0) is 23.0. The molecule has 6 heteroatoms. The van der Waals surface area contributed by atoms with Crippen LogP contribution >= 0.6 is 23.1 Å². The Morgan fingerprint density at radius 3 is 2.66 bits per heavy atom. The number of ketones is 1. The van der Waals surface area contributed by atoms with E-state index in [2.05, 4.69) is 27.4 Å². The molecule has 0 saturated carbocycles. The van der Waals surface area contributed by atoms with Crippen LogP contribution in [0.5, 0.6) is 0 Å². The molecule has 1 aliphatic carbocycles. The molecule has 0 N–H and O–H groups in total. The number of thioether (sulfide) groups is 1. The Morgan fingerprint density at radius 2 is 2.00 bits per heavy atom. The fraction of sp³-hybridized carbons (Fsp3) is 0.423. The average molecular weight is 467 g/mol. The molecule has 0 spiro atoms. The molecule has 0 aliphatic heterocycles. The summed E-state index contributed by atoms with van der Waals surface area (Å²) >= 11 is 3.00. The van der Waals surface area contributed by atoms with E-state index >= 15 is 0 Å². The van der Waals surface area contributed by atoms with Crippen LogP contribution in [0.25, 0.3) is 10.2 Å². The summed E-state index contributed by atoms with van der Waals surface area (Å²) < 4.78 is 1.70. The molecule has 0 amide bonds. The third-order valence-corrected chi connectivity index (χ3v) is 8.34. The maximum atomic E-state index is 13.6. The fourth-order valence-electron chi connectivity index (χ4n) is 4.34. The normalized spacial score (nSPS) is 16.2. The van der Waals surface area contributed by atoms with Crippen molar-refractivity contribution in [2.24, 2.45) is 11.3 Å². The van der Waals surface area contributed by atoms with Gasteiger partial charge in [-0.3, -0.25) is 14.2 Å². The minimum atomic E-state index is -0.000584. The van der Waals surface area contributed by atoms with Crippen molar-refractivity contribution in [3.05, 3.63) is 68.8 Å². The molecule has 4 nitrogen and oxygen atoms in total. The standard InChI is InChI=1S/C26H30N2O2S2/c1-16(2)14-28-24(30)22-19-12-11-18(26(3,4)5)13-21(19)32-23(22)27-25(28)31-15-20(29)17-9-7-6-8-10-17/h6-10,18H,1,11-15H2,2-5H3/t18-/m1/s1. The molecule has 2 heterocycles. The van der Waals surface area contributed by atoms with Gasteiger partial charge in [0.05, 0.1) is 11.1 Å². The fourth-order valence-corrected chi connectivity index (χ4v) is 6.57. The summed E-state index contributed by atoms with van der Waals surface area (Å²) in [5.74, 6) is 0.887. The highest BCUT2D eigenvalue weighted by molar-refractivity contribution is 7.99. The smallest absolute Gasteiger partial charge is 0.263 e. The number of nitrogens with zero attached hydrogens (tertiary/aromatic N) is 2. The van der Waals surface area contributed by atoms with Gasteiger partial charge in [0.15, 0.2) is 10.9 Å². The number of aromatic nitrogens is 2. The van der Waals surface area contributed by atoms with E-state index in [0.29, 0.717) is 23.2 Å². The molecular formula is C26H30N2O2S2. The number of allylic oxidation sites excluding steroid dienone is 1. The van der Waals surface area contributed by atoms with E-state index in [1.54, 1.807) is 15.9 Å². The molecule has 0 saturated heterocycles. The Hall–Kier alpha value is -2.18. The topological polar surface area (TPSA) is 52.0 Å². The maximum absolute atomic E-state index is 13.6. The van der Waals surface area contributed by atoms with E-state index in [1.807, 2.05) is 37.3 Å². The van der Waals surface area contributed by atoms with Gasteiger partial charge in [-0.1, -0.05) is 75.0 Å². The van der Waals surface area contributed by atoms with E-state index in [1.165, 1.54) is 22.2 Å². The molecule has 32 heavy (non-hydrogen) atoms. The third kappa shape index (κ3) is 4.62. The molecule has 1 atom stereocenters. The minimum Gasteiger partial charge on any atom is -0.293 e. The molecule has 0 radical (unpaired) electrons. The second-order valence-electron chi connectivity index (χ2n) is 9.81. The van der Waals surface area contributed by atoms with Gasteiger partial charge in [0.25, 0.3) is 5.56 Å². The van der Waals surface area contributed by atoms with Crippen LogP contribution in [0, 0.1) is 11.3 Å². The number of Topliss-reactive ketones (excluding diaryl/α,β-unsaturated/α-hetero) is 1. The second-order valence-corrected chi connectivity index (χ2v) is 11.8. The maximum Gasteiger partial charge on any atom is 0.263 e. The van der Waals surface area contributed by atoms with Crippen molar-refractivity contribution >= 4 is 39.1 Å². The number of aryl methyl sites for hydroxylation is 1. The van der Waals surface area contributed by atoms with Crippen LogP contribution in [0.2, 0.25) is 0 Å². The van der Waals surface area contributed by atoms with Gasteiger partial charge >= 0.3 is 0 Å². The highest BCUT2D eigenvalue weighted by Gasteiger charge is 2.32. The summed E-state index contributed by atoms with van der Waals surface area (Å²) in [6.45, 7) is 13.2. The zero-order valence-electron chi connectivity index (χ0n) is 19.2. The quantitative estimate of drug-likeness (QED) is 0.189. The molecule has 0 unspecified atom stereocenters. The van der Waals surface area contributed by atoms with Gasteiger partial charge in [0.2, 0.25) is 0 Å². The Labute approximate surface area is 197 Å². The molecule has 1 aliphatic rings. The van der Waals surface area contributed by atoms with E-state index in [4.69, 9.17) is 4.98 Å². The van der Waals surface area contributed by atoms with Gasteiger partial charge in [0.1, 0.15) is 4.83 Å². The highest BCUT2D eigenvalue weighted by Crippen LogP contribution is 2.42. The monoisotopic (exact) mass is 466 g/mol. The van der Waals surface area contributed by atoms with Gasteiger partial charge in [-0.05, 0) is 43.1 Å². The Morgan fingerprint density at radius 1 is 1.28 bits per heavy atom. The van der Waals surface area contributed by atoms with Crippen molar-refractivity contribution in [3.8, 4) is 0 Å². The van der Waals surface area contributed by atoms with E-state index in [-0.39, 0.29) is 22.5 Å². The van der Waals surface area contributed by atoms with Gasteiger partial charge in [-0.2, -0.15) is 0 Å². The van der Waals surface area contributed by atoms with Crippen molar-refractivity contribution in [2.75, 3.05) is 5.75 Å². The van der Waals surface area contributed by atoms with Crippen LogP contribution in [0.15, 0.2) is 52.4 Å².